The van der Waals surface area contributed by atoms with E-state index in [2.05, 4.69) is 69.9 Å². The van der Waals surface area contributed by atoms with Gasteiger partial charge < -0.3 is 4.90 Å². The molecule has 0 fully saturated rings. The van der Waals surface area contributed by atoms with Crippen LogP contribution in [0.1, 0.15) is 76.0 Å². The number of benzene rings is 2. The molecule has 0 spiro atoms. The molecule has 4 heteroatoms. The van der Waals surface area contributed by atoms with E-state index in [9.17, 15) is 9.59 Å². The zero-order valence-corrected chi connectivity index (χ0v) is 22.3. The number of nitrogens with zero attached hydrogens (tertiary/aromatic N) is 1. The molecule has 1 aliphatic heterocycles. The van der Waals surface area contributed by atoms with Crippen LogP contribution < -0.4 is 4.90 Å². The van der Waals surface area contributed by atoms with Crippen molar-refractivity contribution in [2.24, 2.45) is 10.8 Å². The third-order valence-electron chi connectivity index (χ3n) is 7.73. The minimum Gasteiger partial charge on any atom is -0.317 e. The highest BCUT2D eigenvalue weighted by Crippen LogP contribution is 2.55. The molecule has 0 amide bonds. The zero-order valence-electron chi connectivity index (χ0n) is 21.6. The molecule has 3 nitrogen and oxygen atoms in total. The van der Waals surface area contributed by atoms with Crippen molar-refractivity contribution in [3.8, 4) is 0 Å². The van der Waals surface area contributed by atoms with E-state index in [4.69, 9.17) is 11.6 Å². The number of aryl methyl sites for hydroxylation is 2. The Bertz CT molecular complexity index is 1260. The van der Waals surface area contributed by atoms with Crippen LogP contribution in [0.3, 0.4) is 0 Å². The van der Waals surface area contributed by atoms with Gasteiger partial charge in [-0.3, -0.25) is 9.59 Å². The Morgan fingerprint density at radius 2 is 1.29 bits per heavy atom. The molecule has 0 aromatic heterocycles. The molecule has 0 saturated heterocycles. The molecule has 35 heavy (non-hydrogen) atoms. The van der Waals surface area contributed by atoms with Gasteiger partial charge in [0.05, 0.1) is 0 Å². The number of hydrogen-bond donors (Lipinski definition) is 0. The van der Waals surface area contributed by atoms with Gasteiger partial charge in [0.2, 0.25) is 0 Å². The molecule has 2 aromatic carbocycles. The van der Waals surface area contributed by atoms with Crippen LogP contribution in [-0.2, 0) is 9.59 Å². The van der Waals surface area contributed by atoms with E-state index in [1.54, 1.807) is 0 Å². The second kappa shape index (κ2) is 8.20. The van der Waals surface area contributed by atoms with Crippen molar-refractivity contribution < 1.29 is 9.59 Å². The maximum absolute atomic E-state index is 13.9. The maximum Gasteiger partial charge on any atom is 0.162 e. The molecule has 182 valence electrons. The number of ketones is 2. The molecular weight excluding hydrogens is 454 g/mol. The summed E-state index contributed by atoms with van der Waals surface area (Å²) in [4.78, 5) is 29.9. The molecule has 0 radical (unpaired) electrons. The number of rotatable bonds is 2. The van der Waals surface area contributed by atoms with Crippen LogP contribution in [0.15, 0.2) is 65.0 Å². The molecule has 1 heterocycles. The average molecular weight is 488 g/mol. The van der Waals surface area contributed by atoms with Crippen molar-refractivity contribution in [1.82, 2.24) is 0 Å². The van der Waals surface area contributed by atoms with Gasteiger partial charge in [0.1, 0.15) is 0 Å². The Morgan fingerprint density at radius 3 is 1.77 bits per heavy atom. The Hall–Kier alpha value is -2.65. The molecule has 0 atom stereocenters. The molecule has 0 bridgehead atoms. The molecule has 0 unspecified atom stereocenters. The Balaban J connectivity index is 1.83. The Kier molecular flexibility index (Phi) is 5.64. The standard InChI is InChI=1S/C31H34ClNO2/c1-18-7-10-20(11-8-18)27-28-23(14-30(3,4)16-25(28)34)33(21-12-9-19(2)22(32)13-21)24-15-31(5,6)17-26(35)29(24)27/h7-13,27H,14-17H2,1-6H3. The minimum absolute atomic E-state index is 0.147. The number of carbonyl (C=O) groups excluding carboxylic acids is 2. The van der Waals surface area contributed by atoms with Crippen LogP contribution in [0.5, 0.6) is 0 Å². The summed E-state index contributed by atoms with van der Waals surface area (Å²) in [7, 11) is 0. The molecule has 2 aromatic rings. The largest absolute Gasteiger partial charge is 0.317 e. The quantitative estimate of drug-likeness (QED) is 0.432. The second-order valence-electron chi connectivity index (χ2n) is 12.2. The normalized spacial score (nSPS) is 21.9. The molecule has 0 saturated carbocycles. The first kappa shape index (κ1) is 24.1. The summed E-state index contributed by atoms with van der Waals surface area (Å²) in [6, 6.07) is 14.4. The van der Waals surface area contributed by atoms with Crippen LogP contribution in [0, 0.1) is 24.7 Å². The molecular formula is C31H34ClNO2. The predicted octanol–water partition coefficient (Wildman–Crippen LogP) is 7.85. The highest BCUT2D eigenvalue weighted by atomic mass is 35.5. The van der Waals surface area contributed by atoms with Crippen LogP contribution in [0.4, 0.5) is 5.69 Å². The number of anilines is 1. The zero-order chi connectivity index (χ0) is 25.3. The van der Waals surface area contributed by atoms with E-state index in [0.29, 0.717) is 17.9 Å². The van der Waals surface area contributed by atoms with Gasteiger partial charge in [0.15, 0.2) is 11.6 Å². The van der Waals surface area contributed by atoms with Crippen LogP contribution in [0.2, 0.25) is 5.02 Å². The number of carbonyl (C=O) groups is 2. The van der Waals surface area contributed by atoms with Gasteiger partial charge in [-0.25, -0.2) is 0 Å². The lowest BCUT2D eigenvalue weighted by atomic mass is 9.63. The van der Waals surface area contributed by atoms with Gasteiger partial charge in [0, 0.05) is 52.0 Å². The summed E-state index contributed by atoms with van der Waals surface area (Å²) in [5, 5.41) is 0.690. The van der Waals surface area contributed by atoms with Gasteiger partial charge in [-0.1, -0.05) is 75.2 Å². The summed E-state index contributed by atoms with van der Waals surface area (Å²) in [6.07, 6.45) is 2.51. The first-order valence-electron chi connectivity index (χ1n) is 12.5. The van der Waals surface area contributed by atoms with E-state index in [0.717, 1.165) is 57.8 Å². The van der Waals surface area contributed by atoms with Crippen molar-refractivity contribution >= 4 is 28.9 Å². The van der Waals surface area contributed by atoms with Crippen LogP contribution in [-0.4, -0.2) is 11.6 Å². The monoisotopic (exact) mass is 487 g/mol. The lowest BCUT2D eigenvalue weighted by Gasteiger charge is -2.49. The Labute approximate surface area is 213 Å². The molecule has 3 aliphatic rings. The maximum atomic E-state index is 13.9. The highest BCUT2D eigenvalue weighted by Gasteiger charge is 2.49. The van der Waals surface area contributed by atoms with Gasteiger partial charge in [-0.15, -0.1) is 0 Å². The average Bonchev–Trinajstić information content (AvgIpc) is 2.73. The van der Waals surface area contributed by atoms with Crippen molar-refractivity contribution in [1.29, 1.82) is 0 Å². The summed E-state index contributed by atoms with van der Waals surface area (Å²) in [5.74, 6) is -0.0200. The van der Waals surface area contributed by atoms with Gasteiger partial charge in [-0.05, 0) is 60.8 Å². The van der Waals surface area contributed by atoms with Crippen molar-refractivity contribution in [3.63, 3.8) is 0 Å². The minimum atomic E-state index is -0.315. The first-order valence-corrected chi connectivity index (χ1v) is 12.9. The Morgan fingerprint density at radius 1 is 0.771 bits per heavy atom. The smallest absolute Gasteiger partial charge is 0.162 e. The molecule has 2 aliphatic carbocycles. The van der Waals surface area contributed by atoms with E-state index in [1.807, 2.05) is 19.1 Å². The fraction of sp³-hybridized carbons (Fsp3) is 0.419. The lowest BCUT2D eigenvalue weighted by Crippen LogP contribution is -2.44. The van der Waals surface area contributed by atoms with Crippen molar-refractivity contribution in [3.05, 3.63) is 86.7 Å². The van der Waals surface area contributed by atoms with Crippen LogP contribution >= 0.6 is 11.6 Å². The first-order chi connectivity index (χ1) is 16.4. The van der Waals surface area contributed by atoms with E-state index in [-0.39, 0.29) is 28.3 Å². The third kappa shape index (κ3) is 4.18. The SMILES string of the molecule is Cc1ccc(C2C3=C(CC(C)(C)CC3=O)N(c3ccc(C)c(Cl)c3)C3=C2C(=O)CC(C)(C)C3)cc1. The molecule has 0 N–H and O–H groups in total. The molecule has 5 rings (SSSR count). The summed E-state index contributed by atoms with van der Waals surface area (Å²) in [5.41, 5.74) is 7.44. The van der Waals surface area contributed by atoms with Crippen molar-refractivity contribution in [2.45, 2.75) is 73.1 Å². The predicted molar refractivity (Wildman–Crippen MR) is 143 cm³/mol. The van der Waals surface area contributed by atoms with Gasteiger partial charge >= 0.3 is 0 Å². The topological polar surface area (TPSA) is 37.4 Å². The van der Waals surface area contributed by atoms with Crippen LogP contribution in [0.25, 0.3) is 0 Å². The second-order valence-corrected chi connectivity index (χ2v) is 12.6. The summed E-state index contributed by atoms with van der Waals surface area (Å²) < 4.78 is 0. The number of Topliss-reactive ketones (excluding diaryl/α,β-unsaturated/α-hetero) is 2. The fourth-order valence-corrected chi connectivity index (χ4v) is 6.26. The van der Waals surface area contributed by atoms with E-state index in [1.165, 1.54) is 0 Å². The summed E-state index contributed by atoms with van der Waals surface area (Å²) in [6.45, 7) is 12.7. The van der Waals surface area contributed by atoms with Gasteiger partial charge in [0.25, 0.3) is 0 Å². The van der Waals surface area contributed by atoms with E-state index < -0.39 is 0 Å². The fourth-order valence-electron chi connectivity index (χ4n) is 6.09. The highest BCUT2D eigenvalue weighted by molar-refractivity contribution is 6.31. The van der Waals surface area contributed by atoms with Gasteiger partial charge in [-0.2, -0.15) is 0 Å². The number of hydrogen-bond acceptors (Lipinski definition) is 3. The van der Waals surface area contributed by atoms with E-state index >= 15 is 0 Å². The summed E-state index contributed by atoms with van der Waals surface area (Å²) >= 11 is 6.60. The number of halogens is 1. The van der Waals surface area contributed by atoms with Crippen molar-refractivity contribution in [2.75, 3.05) is 4.90 Å². The lowest BCUT2D eigenvalue weighted by molar-refractivity contribution is -0.119. The third-order valence-corrected chi connectivity index (χ3v) is 8.14. The number of allylic oxidation sites excluding steroid dienone is 4.